The summed E-state index contributed by atoms with van der Waals surface area (Å²) < 4.78 is 33.4. The molecule has 3 atom stereocenters. The van der Waals surface area contributed by atoms with E-state index in [0.717, 1.165) is 0 Å². The van der Waals surface area contributed by atoms with Gasteiger partial charge in [-0.15, -0.1) is 0 Å². The molecule has 0 aliphatic carbocycles. The fraction of sp³-hybridized carbons (Fsp3) is 1.00. The van der Waals surface area contributed by atoms with Crippen molar-refractivity contribution in [1.29, 1.82) is 0 Å². The van der Waals surface area contributed by atoms with Crippen molar-refractivity contribution < 1.29 is 33.5 Å². The van der Waals surface area contributed by atoms with E-state index in [-0.39, 0.29) is 24.9 Å². The lowest BCUT2D eigenvalue weighted by molar-refractivity contribution is -0.156. The molecule has 0 bridgehead atoms. The number of ether oxygens (including phenoxy) is 6. The zero-order valence-corrected chi connectivity index (χ0v) is 13.9. The Bertz CT molecular complexity index is 345. The maximum absolute atomic E-state index is 9.34. The highest BCUT2D eigenvalue weighted by Gasteiger charge is 2.34. The predicted molar refractivity (Wildman–Crippen MR) is 77.5 cm³/mol. The predicted octanol–water partition coefficient (Wildman–Crippen LogP) is 0.683. The lowest BCUT2D eigenvalue weighted by Gasteiger charge is -2.21. The van der Waals surface area contributed by atoms with Crippen molar-refractivity contribution in [1.82, 2.24) is 0 Å². The van der Waals surface area contributed by atoms with Gasteiger partial charge < -0.3 is 33.5 Å². The Kier molecular flexibility index (Phi) is 6.18. The number of hydrogen-bond donors (Lipinski definition) is 1. The normalized spacial score (nSPS) is 31.5. The van der Waals surface area contributed by atoms with Crippen molar-refractivity contribution in [2.24, 2.45) is 0 Å². The van der Waals surface area contributed by atoms with Gasteiger partial charge in [0.05, 0.1) is 39.6 Å². The van der Waals surface area contributed by atoms with Crippen molar-refractivity contribution in [3.8, 4) is 0 Å². The van der Waals surface area contributed by atoms with Crippen LogP contribution in [0.3, 0.4) is 0 Å². The Morgan fingerprint density at radius 1 is 1.00 bits per heavy atom. The molecular weight excluding hydrogens is 292 g/mol. The molecule has 0 aromatic heterocycles. The van der Waals surface area contributed by atoms with E-state index in [4.69, 9.17) is 28.4 Å². The minimum absolute atomic E-state index is 0.0818. The second-order valence-electron chi connectivity index (χ2n) is 6.58. The lowest BCUT2D eigenvalue weighted by Crippen LogP contribution is -2.32. The average Bonchev–Trinajstić information content (AvgIpc) is 2.95. The highest BCUT2D eigenvalue weighted by Crippen LogP contribution is 2.23. The van der Waals surface area contributed by atoms with Crippen LogP contribution in [0.4, 0.5) is 0 Å². The minimum atomic E-state index is -0.564. The molecule has 2 rings (SSSR count). The van der Waals surface area contributed by atoms with Gasteiger partial charge >= 0.3 is 0 Å². The van der Waals surface area contributed by atoms with E-state index in [0.29, 0.717) is 33.0 Å². The Morgan fingerprint density at radius 2 is 1.55 bits per heavy atom. The Labute approximate surface area is 131 Å². The van der Waals surface area contributed by atoms with Crippen LogP contribution in [0.15, 0.2) is 0 Å². The molecule has 0 amide bonds. The molecule has 22 heavy (non-hydrogen) atoms. The molecule has 2 heterocycles. The highest BCUT2D eigenvalue weighted by atomic mass is 16.8. The second kappa shape index (κ2) is 7.53. The molecule has 2 aliphatic heterocycles. The highest BCUT2D eigenvalue weighted by molar-refractivity contribution is 4.72. The van der Waals surface area contributed by atoms with Crippen LogP contribution in [0.1, 0.15) is 27.7 Å². The van der Waals surface area contributed by atoms with Crippen LogP contribution in [0.2, 0.25) is 0 Å². The smallest absolute Gasteiger partial charge is 0.163 e. The molecule has 0 aromatic rings. The molecule has 7 heteroatoms. The van der Waals surface area contributed by atoms with Gasteiger partial charge in [-0.1, -0.05) is 0 Å². The molecular formula is C15H28O7. The molecule has 2 aliphatic rings. The summed E-state index contributed by atoms with van der Waals surface area (Å²) in [6.45, 7) is 9.46. The summed E-state index contributed by atoms with van der Waals surface area (Å²) in [6, 6.07) is 0. The van der Waals surface area contributed by atoms with E-state index >= 15 is 0 Å². The van der Waals surface area contributed by atoms with Gasteiger partial charge in [0.15, 0.2) is 11.6 Å². The third kappa shape index (κ3) is 5.73. The van der Waals surface area contributed by atoms with Crippen LogP contribution >= 0.6 is 0 Å². The van der Waals surface area contributed by atoms with E-state index in [9.17, 15) is 5.11 Å². The molecule has 2 fully saturated rings. The standard InChI is InChI=1S/C15H28O7/c1-14(2)19-9-12(21-14)7-17-6-11(5-16)18-8-13-10-20-15(3,4)22-13/h11-13,16H,5-10H2,1-4H3. The molecule has 0 radical (unpaired) electrons. The summed E-state index contributed by atoms with van der Waals surface area (Å²) >= 11 is 0. The van der Waals surface area contributed by atoms with Crippen molar-refractivity contribution in [2.45, 2.75) is 57.6 Å². The molecule has 0 spiro atoms. The van der Waals surface area contributed by atoms with Crippen LogP contribution in [-0.2, 0) is 28.4 Å². The maximum Gasteiger partial charge on any atom is 0.163 e. The van der Waals surface area contributed by atoms with E-state index < -0.39 is 11.6 Å². The van der Waals surface area contributed by atoms with Crippen molar-refractivity contribution in [3.05, 3.63) is 0 Å². The van der Waals surface area contributed by atoms with Gasteiger partial charge in [-0.25, -0.2) is 0 Å². The van der Waals surface area contributed by atoms with Gasteiger partial charge in [-0.3, -0.25) is 0 Å². The lowest BCUT2D eigenvalue weighted by atomic mass is 10.3. The van der Waals surface area contributed by atoms with Crippen molar-refractivity contribution in [2.75, 3.05) is 39.6 Å². The largest absolute Gasteiger partial charge is 0.394 e. The van der Waals surface area contributed by atoms with Gasteiger partial charge in [-0.2, -0.15) is 0 Å². The maximum atomic E-state index is 9.34. The van der Waals surface area contributed by atoms with Gasteiger partial charge in [0.2, 0.25) is 0 Å². The summed E-state index contributed by atoms with van der Waals surface area (Å²) in [4.78, 5) is 0. The molecule has 3 unspecified atom stereocenters. The number of aliphatic hydroxyl groups excluding tert-OH is 1. The van der Waals surface area contributed by atoms with Crippen LogP contribution in [0.25, 0.3) is 0 Å². The Balaban J connectivity index is 1.59. The fourth-order valence-corrected chi connectivity index (χ4v) is 2.42. The monoisotopic (exact) mass is 320 g/mol. The molecule has 130 valence electrons. The first-order chi connectivity index (χ1) is 10.3. The number of rotatable bonds is 8. The zero-order valence-electron chi connectivity index (χ0n) is 13.9. The summed E-state index contributed by atoms with van der Waals surface area (Å²) in [6.07, 6.45) is -0.583. The number of hydrogen-bond acceptors (Lipinski definition) is 7. The van der Waals surface area contributed by atoms with Crippen LogP contribution in [-0.4, -0.2) is 74.6 Å². The van der Waals surface area contributed by atoms with Crippen LogP contribution in [0, 0.1) is 0 Å². The van der Waals surface area contributed by atoms with Crippen LogP contribution in [0.5, 0.6) is 0 Å². The first kappa shape index (κ1) is 18.1. The topological polar surface area (TPSA) is 75.6 Å². The van der Waals surface area contributed by atoms with E-state index in [1.165, 1.54) is 0 Å². The SMILES string of the molecule is CC1(C)OCC(COCC(CO)OCC2COC(C)(C)O2)O1. The molecule has 0 aromatic carbocycles. The molecule has 2 saturated heterocycles. The fourth-order valence-electron chi connectivity index (χ4n) is 2.42. The third-order valence-electron chi connectivity index (χ3n) is 3.46. The Hall–Kier alpha value is -0.280. The molecule has 0 saturated carbocycles. The van der Waals surface area contributed by atoms with Crippen LogP contribution < -0.4 is 0 Å². The van der Waals surface area contributed by atoms with Gasteiger partial charge in [0.25, 0.3) is 0 Å². The van der Waals surface area contributed by atoms with Gasteiger partial charge in [-0.05, 0) is 27.7 Å². The molecule has 7 nitrogen and oxygen atoms in total. The second-order valence-corrected chi connectivity index (χ2v) is 6.58. The number of aliphatic hydroxyl groups is 1. The molecule has 1 N–H and O–H groups in total. The summed E-state index contributed by atoms with van der Waals surface area (Å²) in [5.74, 6) is -1.11. The quantitative estimate of drug-likeness (QED) is 0.705. The van der Waals surface area contributed by atoms with E-state index in [2.05, 4.69) is 0 Å². The van der Waals surface area contributed by atoms with Gasteiger partial charge in [0, 0.05) is 0 Å². The summed E-state index contributed by atoms with van der Waals surface area (Å²) in [5, 5.41) is 9.34. The first-order valence-electron chi connectivity index (χ1n) is 7.73. The van der Waals surface area contributed by atoms with Crippen molar-refractivity contribution >= 4 is 0 Å². The van der Waals surface area contributed by atoms with Gasteiger partial charge in [0.1, 0.15) is 18.3 Å². The van der Waals surface area contributed by atoms with E-state index in [1.807, 2.05) is 27.7 Å². The third-order valence-corrected chi connectivity index (χ3v) is 3.46. The zero-order chi connectivity index (χ0) is 16.2. The minimum Gasteiger partial charge on any atom is -0.394 e. The Morgan fingerprint density at radius 3 is 2.00 bits per heavy atom. The summed E-state index contributed by atoms with van der Waals surface area (Å²) in [7, 11) is 0. The first-order valence-corrected chi connectivity index (χ1v) is 7.73. The van der Waals surface area contributed by atoms with E-state index in [1.54, 1.807) is 0 Å². The van der Waals surface area contributed by atoms with Crippen molar-refractivity contribution in [3.63, 3.8) is 0 Å². The summed E-state index contributed by atoms with van der Waals surface area (Å²) in [5.41, 5.74) is 0. The average molecular weight is 320 g/mol.